The number of nitrogens with zero attached hydrogens (tertiary/aromatic N) is 3. The van der Waals surface area contributed by atoms with Crippen molar-refractivity contribution in [1.29, 1.82) is 0 Å². The lowest BCUT2D eigenvalue weighted by Crippen LogP contribution is -1.87. The van der Waals surface area contributed by atoms with Gasteiger partial charge in [0.05, 0.1) is 5.69 Å². The zero-order valence-electron chi connectivity index (χ0n) is 9.51. The van der Waals surface area contributed by atoms with Crippen LogP contribution in [0.3, 0.4) is 0 Å². The van der Waals surface area contributed by atoms with Gasteiger partial charge in [-0.05, 0) is 5.56 Å². The zero-order chi connectivity index (χ0) is 11.1. The fourth-order valence-electron chi connectivity index (χ4n) is 1.28. The molecule has 0 amide bonds. The van der Waals surface area contributed by atoms with Crippen molar-refractivity contribution in [2.75, 3.05) is 0 Å². The van der Waals surface area contributed by atoms with Gasteiger partial charge in [-0.2, -0.15) is 0 Å². The highest BCUT2D eigenvalue weighted by atomic mass is 15.4. The lowest BCUT2D eigenvalue weighted by atomic mass is 10.1. The molecule has 0 radical (unpaired) electrons. The minimum absolute atomic E-state index is 0.856. The number of benzene rings is 1. The standard InChI is InChI=1S/C10H11N3.C2H6/c1-13-8-10(11-12-13)7-9-5-3-2-4-6-9;1-2/h2-6,8H,7H2,1H3;1-2H3. The first-order chi connectivity index (χ1) is 7.34. The number of rotatable bonds is 2. The summed E-state index contributed by atoms with van der Waals surface area (Å²) in [5, 5.41) is 7.90. The largest absolute Gasteiger partial charge is 0.255 e. The molecule has 0 spiro atoms. The second-order valence-electron chi connectivity index (χ2n) is 3.05. The van der Waals surface area contributed by atoms with Crippen LogP contribution in [0, 0.1) is 0 Å². The van der Waals surface area contributed by atoms with Crippen LogP contribution in [0.2, 0.25) is 0 Å². The molecular formula is C12H17N3. The smallest absolute Gasteiger partial charge is 0.0870 e. The molecule has 0 aliphatic carbocycles. The fraction of sp³-hybridized carbons (Fsp3) is 0.333. The minimum atomic E-state index is 0.856. The quantitative estimate of drug-likeness (QED) is 0.750. The lowest BCUT2D eigenvalue weighted by molar-refractivity contribution is 0.713. The molecule has 0 saturated heterocycles. The van der Waals surface area contributed by atoms with Crippen LogP contribution in [-0.2, 0) is 13.5 Å². The predicted octanol–water partition coefficient (Wildman–Crippen LogP) is 2.43. The first-order valence-electron chi connectivity index (χ1n) is 5.24. The van der Waals surface area contributed by atoms with E-state index in [0.717, 1.165) is 12.1 Å². The van der Waals surface area contributed by atoms with E-state index in [1.165, 1.54) is 5.56 Å². The second-order valence-corrected chi connectivity index (χ2v) is 3.05. The first-order valence-corrected chi connectivity index (χ1v) is 5.24. The van der Waals surface area contributed by atoms with Crippen LogP contribution in [0.15, 0.2) is 36.5 Å². The van der Waals surface area contributed by atoms with E-state index >= 15 is 0 Å². The van der Waals surface area contributed by atoms with Gasteiger partial charge in [0.2, 0.25) is 0 Å². The molecule has 3 nitrogen and oxygen atoms in total. The molecule has 1 aromatic carbocycles. The second kappa shape index (κ2) is 5.96. The van der Waals surface area contributed by atoms with Crippen LogP contribution in [0.1, 0.15) is 25.1 Å². The third-order valence-electron chi connectivity index (χ3n) is 1.88. The maximum atomic E-state index is 4.02. The SMILES string of the molecule is CC.Cn1cc(Cc2ccccc2)nn1. The van der Waals surface area contributed by atoms with E-state index in [4.69, 9.17) is 0 Å². The summed E-state index contributed by atoms with van der Waals surface area (Å²) in [7, 11) is 1.88. The summed E-state index contributed by atoms with van der Waals surface area (Å²) in [4.78, 5) is 0. The molecule has 80 valence electrons. The van der Waals surface area contributed by atoms with Crippen molar-refractivity contribution in [3.05, 3.63) is 47.8 Å². The molecular weight excluding hydrogens is 186 g/mol. The number of hydrogen-bond acceptors (Lipinski definition) is 2. The van der Waals surface area contributed by atoms with Crippen LogP contribution < -0.4 is 0 Å². The molecule has 0 bridgehead atoms. The molecule has 0 unspecified atom stereocenters. The van der Waals surface area contributed by atoms with Gasteiger partial charge in [0, 0.05) is 19.7 Å². The number of hydrogen-bond donors (Lipinski definition) is 0. The lowest BCUT2D eigenvalue weighted by Gasteiger charge is -1.94. The Morgan fingerprint density at radius 1 is 1.13 bits per heavy atom. The van der Waals surface area contributed by atoms with E-state index in [1.807, 2.05) is 45.3 Å². The molecule has 2 rings (SSSR count). The Morgan fingerprint density at radius 2 is 1.80 bits per heavy atom. The van der Waals surface area contributed by atoms with Crippen LogP contribution >= 0.6 is 0 Å². The van der Waals surface area contributed by atoms with Crippen molar-refractivity contribution in [3.63, 3.8) is 0 Å². The maximum absolute atomic E-state index is 4.02. The molecule has 0 saturated carbocycles. The van der Waals surface area contributed by atoms with Crippen LogP contribution in [0.25, 0.3) is 0 Å². The topological polar surface area (TPSA) is 30.7 Å². The number of aryl methyl sites for hydroxylation is 1. The van der Waals surface area contributed by atoms with Gasteiger partial charge in [0.25, 0.3) is 0 Å². The van der Waals surface area contributed by atoms with Crippen LogP contribution in [0.5, 0.6) is 0 Å². The molecule has 0 atom stereocenters. The highest BCUT2D eigenvalue weighted by molar-refractivity contribution is 5.19. The van der Waals surface area contributed by atoms with Gasteiger partial charge in [-0.25, -0.2) is 0 Å². The van der Waals surface area contributed by atoms with Gasteiger partial charge in [-0.15, -0.1) is 5.10 Å². The Morgan fingerprint density at radius 3 is 2.33 bits per heavy atom. The van der Waals surface area contributed by atoms with Crippen molar-refractivity contribution in [2.24, 2.45) is 7.05 Å². The third kappa shape index (κ3) is 3.54. The van der Waals surface area contributed by atoms with E-state index in [-0.39, 0.29) is 0 Å². The minimum Gasteiger partial charge on any atom is -0.255 e. The van der Waals surface area contributed by atoms with Crippen LogP contribution in [0.4, 0.5) is 0 Å². The monoisotopic (exact) mass is 203 g/mol. The van der Waals surface area contributed by atoms with Crippen LogP contribution in [-0.4, -0.2) is 15.0 Å². The Balaban J connectivity index is 0.000000531. The maximum Gasteiger partial charge on any atom is 0.0870 e. The Labute approximate surface area is 90.7 Å². The Hall–Kier alpha value is -1.64. The molecule has 3 heteroatoms. The highest BCUT2D eigenvalue weighted by Crippen LogP contribution is 2.04. The molecule has 1 heterocycles. The van der Waals surface area contributed by atoms with E-state index < -0.39 is 0 Å². The van der Waals surface area contributed by atoms with Gasteiger partial charge in [0.1, 0.15) is 0 Å². The van der Waals surface area contributed by atoms with Crippen molar-refractivity contribution in [3.8, 4) is 0 Å². The highest BCUT2D eigenvalue weighted by Gasteiger charge is 1.98. The average Bonchev–Trinajstić information content (AvgIpc) is 2.68. The molecule has 0 aliphatic heterocycles. The van der Waals surface area contributed by atoms with Gasteiger partial charge in [-0.3, -0.25) is 4.68 Å². The summed E-state index contributed by atoms with van der Waals surface area (Å²) in [5.74, 6) is 0. The predicted molar refractivity (Wildman–Crippen MR) is 61.6 cm³/mol. The summed E-state index contributed by atoms with van der Waals surface area (Å²) in [6.07, 6.45) is 2.79. The van der Waals surface area contributed by atoms with Crippen molar-refractivity contribution in [2.45, 2.75) is 20.3 Å². The van der Waals surface area contributed by atoms with E-state index in [0.29, 0.717) is 0 Å². The van der Waals surface area contributed by atoms with Gasteiger partial charge in [0.15, 0.2) is 0 Å². The Kier molecular flexibility index (Phi) is 4.54. The normalized spacial score (nSPS) is 9.27. The number of aromatic nitrogens is 3. The molecule has 0 aliphatic rings. The zero-order valence-corrected chi connectivity index (χ0v) is 9.51. The molecule has 0 fully saturated rings. The molecule has 15 heavy (non-hydrogen) atoms. The van der Waals surface area contributed by atoms with Gasteiger partial charge >= 0.3 is 0 Å². The summed E-state index contributed by atoms with van der Waals surface area (Å²) in [5.41, 5.74) is 2.27. The molecule has 2 aromatic rings. The van der Waals surface area contributed by atoms with Gasteiger partial charge in [-0.1, -0.05) is 49.4 Å². The molecule has 1 aromatic heterocycles. The fourth-order valence-corrected chi connectivity index (χ4v) is 1.28. The summed E-state index contributed by atoms with van der Waals surface area (Å²) >= 11 is 0. The Bertz CT molecular complexity index is 379. The third-order valence-corrected chi connectivity index (χ3v) is 1.88. The van der Waals surface area contributed by atoms with Gasteiger partial charge < -0.3 is 0 Å². The summed E-state index contributed by atoms with van der Waals surface area (Å²) < 4.78 is 1.72. The van der Waals surface area contributed by atoms with Crippen molar-refractivity contribution < 1.29 is 0 Å². The van der Waals surface area contributed by atoms with Crippen molar-refractivity contribution >= 4 is 0 Å². The average molecular weight is 203 g/mol. The summed E-state index contributed by atoms with van der Waals surface area (Å²) in [6.45, 7) is 4.00. The van der Waals surface area contributed by atoms with E-state index in [1.54, 1.807) is 4.68 Å². The van der Waals surface area contributed by atoms with E-state index in [9.17, 15) is 0 Å². The molecule has 0 N–H and O–H groups in total. The van der Waals surface area contributed by atoms with E-state index in [2.05, 4.69) is 22.4 Å². The van der Waals surface area contributed by atoms with Crippen molar-refractivity contribution in [1.82, 2.24) is 15.0 Å². The first kappa shape index (κ1) is 11.4. The summed E-state index contributed by atoms with van der Waals surface area (Å²) in [6, 6.07) is 10.3.